The third-order valence-electron chi connectivity index (χ3n) is 1.95. The van der Waals surface area contributed by atoms with Crippen molar-refractivity contribution in [3.8, 4) is 17.6 Å². The number of ether oxygens (including phenoxy) is 2. The number of hydrogen-bond donors (Lipinski definition) is 0. The van der Waals surface area contributed by atoms with Gasteiger partial charge >= 0.3 is 0 Å². The van der Waals surface area contributed by atoms with E-state index in [9.17, 15) is 0 Å². The summed E-state index contributed by atoms with van der Waals surface area (Å²) >= 11 is 1.83. The highest BCUT2D eigenvalue weighted by Crippen LogP contribution is 2.22. The van der Waals surface area contributed by atoms with Crippen LogP contribution in [0.15, 0.2) is 18.2 Å². The van der Waals surface area contributed by atoms with Gasteiger partial charge in [-0.05, 0) is 17.9 Å². The number of benzene rings is 1. The molecule has 1 aromatic carbocycles. The molecule has 1 aromatic rings. The molecule has 0 atom stereocenters. The van der Waals surface area contributed by atoms with Crippen LogP contribution >= 0.6 is 11.8 Å². The Kier molecular flexibility index (Phi) is 5.58. The van der Waals surface area contributed by atoms with E-state index in [-0.39, 0.29) is 0 Å². The average Bonchev–Trinajstić information content (AvgIpc) is 2.34. The van der Waals surface area contributed by atoms with Crippen molar-refractivity contribution in [1.29, 1.82) is 5.26 Å². The average molecular weight is 237 g/mol. The third kappa shape index (κ3) is 4.03. The van der Waals surface area contributed by atoms with Gasteiger partial charge in [-0.25, -0.2) is 0 Å². The fraction of sp³-hybridized carbons (Fsp3) is 0.417. The monoisotopic (exact) mass is 237 g/mol. The Hall–Kier alpha value is -1.34. The molecule has 4 heteroatoms. The van der Waals surface area contributed by atoms with E-state index in [0.717, 1.165) is 11.5 Å². The lowest BCUT2D eigenvalue weighted by atomic mass is 10.2. The van der Waals surface area contributed by atoms with E-state index < -0.39 is 0 Å². The van der Waals surface area contributed by atoms with Crippen LogP contribution in [0.1, 0.15) is 12.5 Å². The Labute approximate surface area is 100 Å². The molecule has 0 aliphatic rings. The number of nitrogens with zero attached hydrogens (tertiary/aromatic N) is 1. The highest BCUT2D eigenvalue weighted by Gasteiger charge is 2.01. The molecule has 0 aliphatic heterocycles. The summed E-state index contributed by atoms with van der Waals surface area (Å²) in [5.41, 5.74) is 0.553. The van der Waals surface area contributed by atoms with Crippen molar-refractivity contribution in [3.63, 3.8) is 0 Å². The molecule has 86 valence electrons. The Balaban J connectivity index is 2.61. The van der Waals surface area contributed by atoms with Crippen molar-refractivity contribution >= 4 is 11.8 Å². The first kappa shape index (κ1) is 12.7. The van der Waals surface area contributed by atoms with E-state index >= 15 is 0 Å². The van der Waals surface area contributed by atoms with Gasteiger partial charge in [0.05, 0.1) is 25.3 Å². The summed E-state index contributed by atoms with van der Waals surface area (Å²) in [6, 6.07) is 7.28. The van der Waals surface area contributed by atoms with Crippen LogP contribution in [0, 0.1) is 11.3 Å². The molecule has 0 fully saturated rings. The fourth-order valence-electron chi connectivity index (χ4n) is 1.20. The Morgan fingerprint density at radius 1 is 1.31 bits per heavy atom. The summed E-state index contributed by atoms with van der Waals surface area (Å²) in [5, 5.41) is 8.83. The zero-order chi connectivity index (χ0) is 11.8. The van der Waals surface area contributed by atoms with Gasteiger partial charge in [0.15, 0.2) is 0 Å². The number of rotatable bonds is 6. The molecule has 0 unspecified atom stereocenters. The van der Waals surface area contributed by atoms with Crippen molar-refractivity contribution in [2.45, 2.75) is 6.92 Å². The number of thioether (sulfide) groups is 1. The van der Waals surface area contributed by atoms with Crippen LogP contribution in [0.2, 0.25) is 0 Å². The predicted octanol–water partition coefficient (Wildman–Crippen LogP) is 2.70. The van der Waals surface area contributed by atoms with Crippen molar-refractivity contribution in [1.82, 2.24) is 0 Å². The summed E-state index contributed by atoms with van der Waals surface area (Å²) in [5.74, 6) is 3.38. The molecule has 0 bridgehead atoms. The van der Waals surface area contributed by atoms with Gasteiger partial charge in [-0.15, -0.1) is 0 Å². The summed E-state index contributed by atoms with van der Waals surface area (Å²) in [7, 11) is 1.58. The SMILES string of the molecule is CCSCCOc1cc(C#N)cc(OC)c1. The minimum atomic E-state index is 0.553. The van der Waals surface area contributed by atoms with Crippen LogP contribution in [-0.4, -0.2) is 25.2 Å². The van der Waals surface area contributed by atoms with Gasteiger partial charge in [0.1, 0.15) is 11.5 Å². The highest BCUT2D eigenvalue weighted by molar-refractivity contribution is 7.99. The van der Waals surface area contributed by atoms with E-state index in [1.54, 1.807) is 25.3 Å². The molecule has 0 heterocycles. The molecule has 0 amide bonds. The zero-order valence-corrected chi connectivity index (χ0v) is 10.3. The maximum absolute atomic E-state index is 8.83. The molecular weight excluding hydrogens is 222 g/mol. The van der Waals surface area contributed by atoms with Crippen LogP contribution in [-0.2, 0) is 0 Å². The largest absolute Gasteiger partial charge is 0.497 e. The molecule has 0 N–H and O–H groups in total. The Morgan fingerprint density at radius 3 is 2.69 bits per heavy atom. The van der Waals surface area contributed by atoms with E-state index in [1.165, 1.54) is 0 Å². The highest BCUT2D eigenvalue weighted by atomic mass is 32.2. The standard InChI is InChI=1S/C12H15NO2S/c1-3-16-5-4-15-12-7-10(9-13)6-11(8-12)14-2/h6-8H,3-5H2,1-2H3. The molecule has 3 nitrogen and oxygen atoms in total. The molecular formula is C12H15NO2S. The summed E-state index contributed by atoms with van der Waals surface area (Å²) in [6.07, 6.45) is 0. The van der Waals surface area contributed by atoms with Gasteiger partial charge in [0.25, 0.3) is 0 Å². The van der Waals surface area contributed by atoms with Gasteiger partial charge in [-0.2, -0.15) is 17.0 Å². The number of nitriles is 1. The van der Waals surface area contributed by atoms with Gasteiger partial charge in [-0.3, -0.25) is 0 Å². The molecule has 0 saturated heterocycles. The third-order valence-corrected chi connectivity index (χ3v) is 2.81. The van der Waals surface area contributed by atoms with Gasteiger partial charge in [0, 0.05) is 11.8 Å². The van der Waals surface area contributed by atoms with Crippen LogP contribution in [0.3, 0.4) is 0 Å². The van der Waals surface area contributed by atoms with Crippen LogP contribution in [0.25, 0.3) is 0 Å². The molecule has 0 aromatic heterocycles. The molecule has 0 radical (unpaired) electrons. The maximum Gasteiger partial charge on any atom is 0.124 e. The topological polar surface area (TPSA) is 42.2 Å². The lowest BCUT2D eigenvalue weighted by Gasteiger charge is -2.07. The van der Waals surface area contributed by atoms with E-state index in [1.807, 2.05) is 11.8 Å². The van der Waals surface area contributed by atoms with Crippen molar-refractivity contribution in [3.05, 3.63) is 23.8 Å². The van der Waals surface area contributed by atoms with Crippen molar-refractivity contribution in [2.24, 2.45) is 0 Å². The summed E-state index contributed by atoms with van der Waals surface area (Å²) in [4.78, 5) is 0. The zero-order valence-electron chi connectivity index (χ0n) is 9.53. The molecule has 0 aliphatic carbocycles. The Bertz CT molecular complexity index is 374. The van der Waals surface area contributed by atoms with Gasteiger partial charge in [-0.1, -0.05) is 6.92 Å². The smallest absolute Gasteiger partial charge is 0.124 e. The van der Waals surface area contributed by atoms with Crippen LogP contribution in [0.4, 0.5) is 0 Å². The van der Waals surface area contributed by atoms with E-state index in [2.05, 4.69) is 13.0 Å². The first-order chi connectivity index (χ1) is 7.80. The second kappa shape index (κ2) is 7.02. The maximum atomic E-state index is 8.83. The fourth-order valence-corrected chi connectivity index (χ4v) is 1.69. The predicted molar refractivity (Wildman–Crippen MR) is 66.2 cm³/mol. The summed E-state index contributed by atoms with van der Waals surface area (Å²) < 4.78 is 10.6. The first-order valence-corrected chi connectivity index (χ1v) is 6.25. The first-order valence-electron chi connectivity index (χ1n) is 5.10. The van der Waals surface area contributed by atoms with Crippen molar-refractivity contribution in [2.75, 3.05) is 25.2 Å². The quantitative estimate of drug-likeness (QED) is 0.713. The van der Waals surface area contributed by atoms with Crippen LogP contribution < -0.4 is 9.47 Å². The van der Waals surface area contributed by atoms with Gasteiger partial charge < -0.3 is 9.47 Å². The lowest BCUT2D eigenvalue weighted by Crippen LogP contribution is -2.01. The second-order valence-electron chi connectivity index (χ2n) is 3.05. The minimum absolute atomic E-state index is 0.553. The van der Waals surface area contributed by atoms with E-state index in [0.29, 0.717) is 23.7 Å². The normalized spacial score (nSPS) is 9.56. The molecule has 0 spiro atoms. The van der Waals surface area contributed by atoms with Gasteiger partial charge in [0.2, 0.25) is 0 Å². The lowest BCUT2D eigenvalue weighted by molar-refractivity contribution is 0.339. The summed E-state index contributed by atoms with van der Waals surface area (Å²) in [6.45, 7) is 2.76. The minimum Gasteiger partial charge on any atom is -0.497 e. The van der Waals surface area contributed by atoms with E-state index in [4.69, 9.17) is 14.7 Å². The molecule has 16 heavy (non-hydrogen) atoms. The Morgan fingerprint density at radius 2 is 2.06 bits per heavy atom. The second-order valence-corrected chi connectivity index (χ2v) is 4.45. The number of methoxy groups -OCH3 is 1. The molecule has 1 rings (SSSR count). The number of hydrogen-bond acceptors (Lipinski definition) is 4. The van der Waals surface area contributed by atoms with Crippen molar-refractivity contribution < 1.29 is 9.47 Å². The molecule has 0 saturated carbocycles. The van der Waals surface area contributed by atoms with Crippen LogP contribution in [0.5, 0.6) is 11.5 Å².